The second kappa shape index (κ2) is 12.3. The van der Waals surface area contributed by atoms with Crippen molar-refractivity contribution in [2.45, 2.75) is 31.1 Å². The van der Waals surface area contributed by atoms with Crippen molar-refractivity contribution in [2.75, 3.05) is 24.7 Å². The highest BCUT2D eigenvalue weighted by Gasteiger charge is 2.23. The molecule has 174 valence electrons. The first-order chi connectivity index (χ1) is 16.0. The maximum atomic E-state index is 13.3. The topological polar surface area (TPSA) is 73.2 Å². The van der Waals surface area contributed by atoms with E-state index in [1.54, 1.807) is 35.5 Å². The summed E-state index contributed by atoms with van der Waals surface area (Å²) in [5.41, 5.74) is 2.78. The number of benzene rings is 3. The Labute approximate surface area is 196 Å². The number of hydrogen-bond donors (Lipinski definition) is 1. The van der Waals surface area contributed by atoms with Crippen LogP contribution >= 0.6 is 0 Å². The summed E-state index contributed by atoms with van der Waals surface area (Å²) >= 11 is 0. The molecule has 0 spiro atoms. The zero-order valence-corrected chi connectivity index (χ0v) is 19.7. The van der Waals surface area contributed by atoms with Crippen LogP contribution in [0.15, 0.2) is 94.9 Å². The molecule has 0 aliphatic rings. The van der Waals surface area contributed by atoms with Crippen molar-refractivity contribution in [1.29, 1.82) is 0 Å². The third-order valence-electron chi connectivity index (χ3n) is 5.21. The van der Waals surface area contributed by atoms with E-state index in [1.165, 1.54) is 4.31 Å². The molecule has 7 heteroatoms. The third kappa shape index (κ3) is 6.99. The molecule has 6 nitrogen and oxygen atoms in total. The summed E-state index contributed by atoms with van der Waals surface area (Å²) in [6.07, 6.45) is 3.72. The Kier molecular flexibility index (Phi) is 9.18. The third-order valence-corrected chi connectivity index (χ3v) is 7.09. The Bertz CT molecular complexity index is 1060. The van der Waals surface area contributed by atoms with E-state index < -0.39 is 10.0 Å². The lowest BCUT2D eigenvalue weighted by Crippen LogP contribution is -2.34. The summed E-state index contributed by atoms with van der Waals surface area (Å²) in [7, 11) is -3.67. The Hall–Kier alpha value is -3.00. The SMILES string of the molecule is Cc1ccc(S(=O)(=O)N(C/C=N/N(c2ccccc2)c2ccccc2)CCCCCO)cc1. The zero-order chi connectivity index (χ0) is 23.5. The van der Waals surface area contributed by atoms with E-state index >= 15 is 0 Å². The summed E-state index contributed by atoms with van der Waals surface area (Å²) in [5.74, 6) is 0. The number of hydrazone groups is 1. The highest BCUT2D eigenvalue weighted by molar-refractivity contribution is 7.89. The molecule has 0 amide bonds. The number of sulfonamides is 1. The standard InChI is InChI=1S/C26H31N3O3S/c1-23-15-17-26(18-16-23)33(31,32)28(20-9-4-10-22-30)21-19-27-29(24-11-5-2-6-12-24)25-13-7-3-8-14-25/h2-3,5-8,11-19,30H,4,9-10,20-22H2,1H3/b27-19+. The molecular weight excluding hydrogens is 434 g/mol. The minimum absolute atomic E-state index is 0.106. The summed E-state index contributed by atoms with van der Waals surface area (Å²) in [5, 5.41) is 15.5. The Morgan fingerprint density at radius 1 is 0.818 bits per heavy atom. The molecule has 0 saturated carbocycles. The number of aliphatic hydroxyl groups is 1. The van der Waals surface area contributed by atoms with Gasteiger partial charge in [-0.1, -0.05) is 54.1 Å². The lowest BCUT2D eigenvalue weighted by molar-refractivity contribution is 0.281. The van der Waals surface area contributed by atoms with E-state index in [9.17, 15) is 8.42 Å². The first-order valence-corrected chi connectivity index (χ1v) is 12.6. The summed E-state index contributed by atoms with van der Waals surface area (Å²) in [6.45, 7) is 2.54. The number of aliphatic hydroxyl groups excluding tert-OH is 1. The first kappa shape index (κ1) is 24.6. The number of unbranched alkanes of at least 4 members (excludes halogenated alkanes) is 2. The smallest absolute Gasteiger partial charge is 0.243 e. The van der Waals surface area contributed by atoms with Gasteiger partial charge >= 0.3 is 0 Å². The Morgan fingerprint density at radius 3 is 1.94 bits per heavy atom. The van der Waals surface area contributed by atoms with Gasteiger partial charge in [-0.15, -0.1) is 0 Å². The fraction of sp³-hybridized carbons (Fsp3) is 0.269. The van der Waals surface area contributed by atoms with Gasteiger partial charge in [0.15, 0.2) is 0 Å². The van der Waals surface area contributed by atoms with Crippen LogP contribution in [0.1, 0.15) is 24.8 Å². The van der Waals surface area contributed by atoms with Crippen LogP contribution in [-0.4, -0.2) is 43.7 Å². The Balaban J connectivity index is 1.84. The van der Waals surface area contributed by atoms with E-state index in [0.717, 1.165) is 23.4 Å². The number of aryl methyl sites for hydroxylation is 1. The van der Waals surface area contributed by atoms with Gasteiger partial charge < -0.3 is 5.11 Å². The van der Waals surface area contributed by atoms with Gasteiger partial charge in [-0.05, 0) is 62.6 Å². The van der Waals surface area contributed by atoms with Gasteiger partial charge in [0.2, 0.25) is 10.0 Å². The van der Waals surface area contributed by atoms with Crippen molar-refractivity contribution in [3.8, 4) is 0 Å². The number of nitrogens with zero attached hydrogens (tertiary/aromatic N) is 3. The number of para-hydroxylation sites is 2. The average Bonchev–Trinajstić information content (AvgIpc) is 2.84. The van der Waals surface area contributed by atoms with Crippen LogP contribution in [0.4, 0.5) is 11.4 Å². The fourth-order valence-corrected chi connectivity index (χ4v) is 4.79. The predicted molar refractivity (Wildman–Crippen MR) is 134 cm³/mol. The molecular formula is C26H31N3O3S. The largest absolute Gasteiger partial charge is 0.396 e. The van der Waals surface area contributed by atoms with E-state index in [0.29, 0.717) is 19.4 Å². The molecule has 0 bridgehead atoms. The van der Waals surface area contributed by atoms with Crippen LogP contribution in [0.2, 0.25) is 0 Å². The van der Waals surface area contributed by atoms with Crippen molar-refractivity contribution in [3.63, 3.8) is 0 Å². The van der Waals surface area contributed by atoms with E-state index in [1.807, 2.05) is 67.6 Å². The van der Waals surface area contributed by atoms with E-state index in [4.69, 9.17) is 5.11 Å². The second-order valence-electron chi connectivity index (χ2n) is 7.74. The molecule has 3 aromatic rings. The summed E-state index contributed by atoms with van der Waals surface area (Å²) < 4.78 is 28.1. The highest BCUT2D eigenvalue weighted by atomic mass is 32.2. The molecule has 0 saturated heterocycles. The molecule has 0 radical (unpaired) electrons. The summed E-state index contributed by atoms with van der Waals surface area (Å²) in [6, 6.07) is 26.4. The Morgan fingerprint density at radius 2 is 1.39 bits per heavy atom. The molecule has 0 heterocycles. The van der Waals surface area contributed by atoms with Crippen molar-refractivity contribution in [2.24, 2.45) is 5.10 Å². The number of rotatable bonds is 12. The van der Waals surface area contributed by atoms with Crippen LogP contribution in [0, 0.1) is 6.92 Å². The molecule has 0 unspecified atom stereocenters. The zero-order valence-electron chi connectivity index (χ0n) is 18.9. The van der Waals surface area contributed by atoms with Crippen molar-refractivity contribution in [1.82, 2.24) is 4.31 Å². The quantitative estimate of drug-likeness (QED) is 0.233. The average molecular weight is 466 g/mol. The van der Waals surface area contributed by atoms with Gasteiger partial charge in [-0.2, -0.15) is 9.41 Å². The van der Waals surface area contributed by atoms with Gasteiger partial charge in [0, 0.05) is 19.4 Å². The monoisotopic (exact) mass is 465 g/mol. The predicted octanol–water partition coefficient (Wildman–Crippen LogP) is 4.97. The molecule has 0 aliphatic carbocycles. The lowest BCUT2D eigenvalue weighted by Gasteiger charge is -2.22. The molecule has 1 N–H and O–H groups in total. The maximum Gasteiger partial charge on any atom is 0.243 e. The molecule has 0 aromatic heterocycles. The molecule has 33 heavy (non-hydrogen) atoms. The molecule has 3 aromatic carbocycles. The van der Waals surface area contributed by atoms with Crippen LogP contribution in [0.3, 0.4) is 0 Å². The minimum Gasteiger partial charge on any atom is -0.396 e. The van der Waals surface area contributed by atoms with Gasteiger partial charge in [0.25, 0.3) is 0 Å². The maximum absolute atomic E-state index is 13.3. The number of hydrogen-bond acceptors (Lipinski definition) is 5. The fourth-order valence-electron chi connectivity index (χ4n) is 3.38. The molecule has 0 atom stereocenters. The molecule has 0 aliphatic heterocycles. The van der Waals surface area contributed by atoms with Crippen molar-refractivity contribution in [3.05, 3.63) is 90.5 Å². The van der Waals surface area contributed by atoms with E-state index in [-0.39, 0.29) is 18.0 Å². The van der Waals surface area contributed by atoms with Crippen LogP contribution in [-0.2, 0) is 10.0 Å². The van der Waals surface area contributed by atoms with Crippen molar-refractivity contribution >= 4 is 27.6 Å². The van der Waals surface area contributed by atoms with Gasteiger partial charge in [-0.3, -0.25) is 0 Å². The van der Waals surface area contributed by atoms with Crippen molar-refractivity contribution < 1.29 is 13.5 Å². The highest BCUT2D eigenvalue weighted by Crippen LogP contribution is 2.25. The lowest BCUT2D eigenvalue weighted by atomic mass is 10.2. The van der Waals surface area contributed by atoms with Crippen LogP contribution in [0.5, 0.6) is 0 Å². The van der Waals surface area contributed by atoms with Gasteiger partial charge in [0.05, 0.1) is 22.8 Å². The van der Waals surface area contributed by atoms with E-state index in [2.05, 4.69) is 5.10 Å². The molecule has 3 rings (SSSR count). The number of anilines is 2. The van der Waals surface area contributed by atoms with Gasteiger partial charge in [-0.25, -0.2) is 13.4 Å². The van der Waals surface area contributed by atoms with Crippen LogP contribution < -0.4 is 5.01 Å². The minimum atomic E-state index is -3.67. The normalized spacial score (nSPS) is 11.8. The first-order valence-electron chi connectivity index (χ1n) is 11.1. The van der Waals surface area contributed by atoms with Gasteiger partial charge in [0.1, 0.15) is 0 Å². The van der Waals surface area contributed by atoms with Crippen LogP contribution in [0.25, 0.3) is 0 Å². The second-order valence-corrected chi connectivity index (χ2v) is 9.68. The molecule has 0 fully saturated rings. The summed E-state index contributed by atoms with van der Waals surface area (Å²) in [4.78, 5) is 0.270.